The summed E-state index contributed by atoms with van der Waals surface area (Å²) in [5, 5.41) is 0. The minimum absolute atomic E-state index is 0.0843. The Morgan fingerprint density at radius 3 is 2.38 bits per heavy atom. The van der Waals surface area contributed by atoms with Gasteiger partial charge in [-0.05, 0) is 32.6 Å². The monoisotopic (exact) mass is 230 g/mol. The van der Waals surface area contributed by atoms with Gasteiger partial charge in [-0.15, -0.1) is 0 Å². The topological polar surface area (TPSA) is 35.5 Å². The van der Waals surface area contributed by atoms with Crippen LogP contribution in [0.2, 0.25) is 0 Å². The molecule has 0 rings (SSSR count). The van der Waals surface area contributed by atoms with Crippen LogP contribution < -0.4 is 0 Å². The highest BCUT2D eigenvalue weighted by molar-refractivity contribution is 5.69. The maximum Gasteiger partial charge on any atom is 0.305 e. The van der Waals surface area contributed by atoms with Crippen molar-refractivity contribution in [1.29, 1.82) is 0 Å². The maximum atomic E-state index is 11.0. The van der Waals surface area contributed by atoms with Crippen molar-refractivity contribution >= 4 is 5.97 Å². The largest absolute Gasteiger partial charge is 0.466 e. The molecule has 0 aromatic carbocycles. The molecule has 0 N–H and O–H groups in total. The van der Waals surface area contributed by atoms with E-state index < -0.39 is 0 Å². The van der Waals surface area contributed by atoms with Crippen LogP contribution in [-0.4, -0.2) is 25.3 Å². The van der Waals surface area contributed by atoms with Gasteiger partial charge in [0, 0.05) is 13.0 Å². The van der Waals surface area contributed by atoms with Crippen molar-refractivity contribution in [2.24, 2.45) is 5.92 Å². The van der Waals surface area contributed by atoms with Crippen molar-refractivity contribution < 1.29 is 14.3 Å². The lowest BCUT2D eigenvalue weighted by Crippen LogP contribution is -2.16. The third-order valence-electron chi connectivity index (χ3n) is 2.65. The normalized spacial score (nSPS) is 12.8. The van der Waals surface area contributed by atoms with Crippen LogP contribution in [-0.2, 0) is 14.3 Å². The fraction of sp³-hybridized carbons (Fsp3) is 0.923. The van der Waals surface area contributed by atoms with Gasteiger partial charge in [-0.25, -0.2) is 0 Å². The third kappa shape index (κ3) is 8.72. The minimum atomic E-state index is -0.0843. The van der Waals surface area contributed by atoms with E-state index in [0.717, 1.165) is 25.9 Å². The van der Waals surface area contributed by atoms with Crippen molar-refractivity contribution in [2.75, 3.05) is 13.2 Å². The van der Waals surface area contributed by atoms with Crippen LogP contribution in [0.25, 0.3) is 0 Å². The molecule has 0 aliphatic rings. The molecule has 0 aliphatic heterocycles. The summed E-state index contributed by atoms with van der Waals surface area (Å²) in [6.45, 7) is 9.52. The second kappa shape index (κ2) is 9.64. The average molecular weight is 230 g/mol. The van der Waals surface area contributed by atoms with Gasteiger partial charge < -0.3 is 9.47 Å². The summed E-state index contributed by atoms with van der Waals surface area (Å²) in [5.41, 5.74) is 0. The van der Waals surface area contributed by atoms with E-state index in [0.29, 0.717) is 25.0 Å². The zero-order valence-electron chi connectivity index (χ0n) is 11.1. The van der Waals surface area contributed by atoms with Crippen molar-refractivity contribution in [3.05, 3.63) is 0 Å². The Morgan fingerprint density at radius 2 is 1.81 bits per heavy atom. The van der Waals surface area contributed by atoms with E-state index in [2.05, 4.69) is 20.8 Å². The summed E-state index contributed by atoms with van der Waals surface area (Å²) >= 11 is 0. The summed E-state index contributed by atoms with van der Waals surface area (Å²) in [6.07, 6.45) is 3.82. The molecule has 1 atom stereocenters. The molecule has 3 heteroatoms. The van der Waals surface area contributed by atoms with Gasteiger partial charge in [0.25, 0.3) is 0 Å². The lowest BCUT2D eigenvalue weighted by atomic mass is 10.1. The molecule has 0 amide bonds. The summed E-state index contributed by atoms with van der Waals surface area (Å²) in [6, 6.07) is 0. The fourth-order valence-electron chi connectivity index (χ4n) is 1.24. The first-order valence-electron chi connectivity index (χ1n) is 6.35. The van der Waals surface area contributed by atoms with Gasteiger partial charge in [-0.3, -0.25) is 4.79 Å². The van der Waals surface area contributed by atoms with E-state index in [1.165, 1.54) is 0 Å². The Morgan fingerprint density at radius 1 is 1.12 bits per heavy atom. The molecule has 0 bridgehead atoms. The van der Waals surface area contributed by atoms with E-state index in [1.807, 2.05) is 6.92 Å². The number of rotatable bonds is 9. The quantitative estimate of drug-likeness (QED) is 0.451. The van der Waals surface area contributed by atoms with Gasteiger partial charge in [0.05, 0.1) is 12.7 Å². The molecule has 3 nitrogen and oxygen atoms in total. The Kier molecular flexibility index (Phi) is 9.30. The van der Waals surface area contributed by atoms with Gasteiger partial charge in [-0.1, -0.05) is 20.3 Å². The summed E-state index contributed by atoms with van der Waals surface area (Å²) in [5.74, 6) is 0.485. The molecule has 1 unspecified atom stereocenters. The molecule has 0 radical (unpaired) electrons. The van der Waals surface area contributed by atoms with E-state index in [-0.39, 0.29) is 5.97 Å². The van der Waals surface area contributed by atoms with E-state index in [4.69, 9.17) is 9.47 Å². The molecular formula is C13H26O3. The number of carbonyl (C=O) groups excluding carboxylic acids is 1. The van der Waals surface area contributed by atoms with Gasteiger partial charge in [0.1, 0.15) is 0 Å². The molecule has 0 aromatic heterocycles. The molecular weight excluding hydrogens is 204 g/mol. The highest BCUT2D eigenvalue weighted by atomic mass is 16.5. The number of esters is 1. The van der Waals surface area contributed by atoms with Crippen molar-refractivity contribution in [3.63, 3.8) is 0 Å². The SMILES string of the molecule is CCOC(=O)CCCCCOC(C)C(C)C. The highest BCUT2D eigenvalue weighted by Crippen LogP contribution is 2.07. The van der Waals surface area contributed by atoms with Crippen LogP contribution in [0.5, 0.6) is 0 Å². The van der Waals surface area contributed by atoms with Gasteiger partial charge in [0.2, 0.25) is 0 Å². The van der Waals surface area contributed by atoms with Gasteiger partial charge in [-0.2, -0.15) is 0 Å². The molecule has 0 spiro atoms. The van der Waals surface area contributed by atoms with Crippen LogP contribution in [0.3, 0.4) is 0 Å². The Labute approximate surface area is 99.5 Å². The van der Waals surface area contributed by atoms with Crippen molar-refractivity contribution in [2.45, 2.75) is 59.5 Å². The van der Waals surface area contributed by atoms with E-state index >= 15 is 0 Å². The summed E-state index contributed by atoms with van der Waals surface area (Å²) in [4.78, 5) is 11.0. The van der Waals surface area contributed by atoms with Crippen LogP contribution in [0.4, 0.5) is 0 Å². The van der Waals surface area contributed by atoms with E-state index in [9.17, 15) is 4.79 Å². The lowest BCUT2D eigenvalue weighted by molar-refractivity contribution is -0.143. The number of unbranched alkanes of at least 4 members (excludes halogenated alkanes) is 2. The predicted molar refractivity (Wildman–Crippen MR) is 65.4 cm³/mol. The van der Waals surface area contributed by atoms with E-state index in [1.54, 1.807) is 0 Å². The molecule has 0 saturated heterocycles. The Balaban J connectivity index is 3.24. The highest BCUT2D eigenvalue weighted by Gasteiger charge is 2.06. The minimum Gasteiger partial charge on any atom is -0.466 e. The average Bonchev–Trinajstić information content (AvgIpc) is 2.23. The maximum absolute atomic E-state index is 11.0. The molecule has 96 valence electrons. The van der Waals surface area contributed by atoms with Gasteiger partial charge in [0.15, 0.2) is 0 Å². The summed E-state index contributed by atoms with van der Waals surface area (Å²) in [7, 11) is 0. The second-order valence-corrected chi connectivity index (χ2v) is 4.44. The molecule has 0 aromatic rings. The smallest absolute Gasteiger partial charge is 0.305 e. The number of hydrogen-bond donors (Lipinski definition) is 0. The molecule has 0 fully saturated rings. The number of ether oxygens (including phenoxy) is 2. The zero-order chi connectivity index (χ0) is 12.4. The summed E-state index contributed by atoms with van der Waals surface area (Å²) < 4.78 is 10.5. The first-order chi connectivity index (χ1) is 7.57. The zero-order valence-corrected chi connectivity index (χ0v) is 11.1. The van der Waals surface area contributed by atoms with Crippen LogP contribution in [0, 0.1) is 5.92 Å². The van der Waals surface area contributed by atoms with Gasteiger partial charge >= 0.3 is 5.97 Å². The predicted octanol–water partition coefficient (Wildman–Crippen LogP) is 3.17. The standard InChI is InChI=1S/C13H26O3/c1-5-15-13(14)9-7-6-8-10-16-12(4)11(2)3/h11-12H,5-10H2,1-4H3. The molecule has 16 heavy (non-hydrogen) atoms. The first kappa shape index (κ1) is 15.4. The fourth-order valence-corrected chi connectivity index (χ4v) is 1.24. The Hall–Kier alpha value is -0.570. The lowest BCUT2D eigenvalue weighted by Gasteiger charge is -2.16. The molecule has 0 aliphatic carbocycles. The third-order valence-corrected chi connectivity index (χ3v) is 2.65. The second-order valence-electron chi connectivity index (χ2n) is 4.44. The van der Waals surface area contributed by atoms with Crippen LogP contribution >= 0.6 is 0 Å². The molecule has 0 heterocycles. The number of carbonyl (C=O) groups is 1. The van der Waals surface area contributed by atoms with Crippen LogP contribution in [0.1, 0.15) is 53.4 Å². The van der Waals surface area contributed by atoms with Crippen LogP contribution in [0.15, 0.2) is 0 Å². The molecule has 0 saturated carbocycles. The number of hydrogen-bond acceptors (Lipinski definition) is 3. The van der Waals surface area contributed by atoms with Crippen molar-refractivity contribution in [1.82, 2.24) is 0 Å². The Bertz CT molecular complexity index is 178. The van der Waals surface area contributed by atoms with Crippen molar-refractivity contribution in [3.8, 4) is 0 Å². The first-order valence-corrected chi connectivity index (χ1v) is 6.35.